The molecule has 2 unspecified atom stereocenters. The first-order chi connectivity index (χ1) is 10.6. The zero-order chi connectivity index (χ0) is 15.6. The third-order valence-electron chi connectivity index (χ3n) is 4.81. The van der Waals surface area contributed by atoms with Crippen molar-refractivity contribution >= 4 is 10.2 Å². The molecule has 0 radical (unpaired) electrons. The Labute approximate surface area is 133 Å². The van der Waals surface area contributed by atoms with Crippen LogP contribution in [0.2, 0.25) is 0 Å². The molecule has 1 aromatic carbocycles. The molecule has 0 bridgehead atoms. The Morgan fingerprint density at radius 3 is 2.82 bits per heavy atom. The largest absolute Gasteiger partial charge is 0.316 e. The van der Waals surface area contributed by atoms with E-state index < -0.39 is 10.2 Å². The van der Waals surface area contributed by atoms with E-state index in [1.165, 1.54) is 5.56 Å². The summed E-state index contributed by atoms with van der Waals surface area (Å²) in [4.78, 5) is 0. The molecule has 122 valence electrons. The first-order valence-corrected chi connectivity index (χ1v) is 9.55. The third-order valence-corrected chi connectivity index (χ3v) is 6.47. The maximum absolute atomic E-state index is 12.6. The summed E-state index contributed by atoms with van der Waals surface area (Å²) in [7, 11) is -3.42. The highest BCUT2D eigenvalue weighted by Crippen LogP contribution is 2.21. The van der Waals surface area contributed by atoms with Crippen molar-refractivity contribution in [2.24, 2.45) is 5.92 Å². The van der Waals surface area contributed by atoms with Crippen molar-refractivity contribution in [3.63, 3.8) is 0 Å². The van der Waals surface area contributed by atoms with Gasteiger partial charge in [0.15, 0.2) is 0 Å². The summed E-state index contributed by atoms with van der Waals surface area (Å²) >= 11 is 0. The minimum atomic E-state index is -3.42. The lowest BCUT2D eigenvalue weighted by Gasteiger charge is -2.33. The average molecular weight is 323 g/mol. The number of hydrogen-bond donors (Lipinski definition) is 2. The molecule has 2 aliphatic rings. The number of piperidine rings is 1. The zero-order valence-electron chi connectivity index (χ0n) is 13.1. The highest BCUT2D eigenvalue weighted by atomic mass is 32.2. The van der Waals surface area contributed by atoms with Crippen LogP contribution in [0.5, 0.6) is 0 Å². The van der Waals surface area contributed by atoms with Crippen LogP contribution < -0.4 is 10.0 Å². The van der Waals surface area contributed by atoms with Gasteiger partial charge in [0.25, 0.3) is 10.2 Å². The van der Waals surface area contributed by atoms with E-state index in [0.717, 1.165) is 37.9 Å². The number of rotatable bonds is 4. The molecule has 1 saturated heterocycles. The lowest BCUT2D eigenvalue weighted by Crippen LogP contribution is -2.50. The summed E-state index contributed by atoms with van der Waals surface area (Å²) in [5.74, 6) is 0.376. The lowest BCUT2D eigenvalue weighted by molar-refractivity contribution is 0.309. The van der Waals surface area contributed by atoms with E-state index >= 15 is 0 Å². The van der Waals surface area contributed by atoms with Gasteiger partial charge in [-0.3, -0.25) is 0 Å². The maximum Gasteiger partial charge on any atom is 0.280 e. The molecule has 2 atom stereocenters. The van der Waals surface area contributed by atoms with Crippen molar-refractivity contribution in [2.75, 3.05) is 19.6 Å². The molecule has 2 N–H and O–H groups in total. The third kappa shape index (κ3) is 3.51. The van der Waals surface area contributed by atoms with Crippen LogP contribution in [-0.4, -0.2) is 38.4 Å². The molecule has 6 heteroatoms. The summed E-state index contributed by atoms with van der Waals surface area (Å²) in [6.07, 6.45) is 2.99. The Bertz CT molecular complexity index is 612. The predicted molar refractivity (Wildman–Crippen MR) is 87.7 cm³/mol. The molecule has 2 heterocycles. The predicted octanol–water partition coefficient (Wildman–Crippen LogP) is 1.27. The van der Waals surface area contributed by atoms with Crippen molar-refractivity contribution in [1.29, 1.82) is 0 Å². The SMILES string of the molecule is CC(NS(=O)(=O)N1CCc2ccccc2C1)C1CCCNC1. The molecule has 2 aliphatic heterocycles. The molecule has 0 saturated carbocycles. The van der Waals surface area contributed by atoms with E-state index in [0.29, 0.717) is 19.0 Å². The Morgan fingerprint density at radius 1 is 1.32 bits per heavy atom. The fourth-order valence-corrected chi connectivity index (χ4v) is 4.84. The molecule has 1 aromatic rings. The summed E-state index contributed by atoms with van der Waals surface area (Å²) in [6, 6.07) is 8.06. The van der Waals surface area contributed by atoms with Crippen molar-refractivity contribution in [2.45, 2.75) is 38.8 Å². The Hall–Kier alpha value is -0.950. The topological polar surface area (TPSA) is 61.4 Å². The van der Waals surface area contributed by atoms with Gasteiger partial charge in [-0.1, -0.05) is 24.3 Å². The van der Waals surface area contributed by atoms with E-state index in [2.05, 4.69) is 16.1 Å². The molecule has 0 spiro atoms. The molecule has 22 heavy (non-hydrogen) atoms. The van der Waals surface area contributed by atoms with Gasteiger partial charge in [0.05, 0.1) is 0 Å². The van der Waals surface area contributed by atoms with Crippen LogP contribution in [0, 0.1) is 5.92 Å². The first-order valence-electron chi connectivity index (χ1n) is 8.11. The minimum absolute atomic E-state index is 0.0324. The maximum atomic E-state index is 12.6. The zero-order valence-corrected chi connectivity index (χ0v) is 13.9. The van der Waals surface area contributed by atoms with Crippen LogP contribution in [0.15, 0.2) is 24.3 Å². The van der Waals surface area contributed by atoms with E-state index in [1.54, 1.807) is 4.31 Å². The Balaban J connectivity index is 1.66. The Kier molecular flexibility index (Phi) is 4.82. The van der Waals surface area contributed by atoms with Gasteiger partial charge >= 0.3 is 0 Å². The highest BCUT2D eigenvalue weighted by Gasteiger charge is 2.30. The quantitative estimate of drug-likeness (QED) is 0.877. The van der Waals surface area contributed by atoms with Gasteiger partial charge < -0.3 is 5.32 Å². The summed E-state index contributed by atoms with van der Waals surface area (Å²) in [5.41, 5.74) is 2.38. The monoisotopic (exact) mass is 323 g/mol. The van der Waals surface area contributed by atoms with Gasteiger partial charge in [-0.25, -0.2) is 0 Å². The minimum Gasteiger partial charge on any atom is -0.316 e. The van der Waals surface area contributed by atoms with Crippen LogP contribution in [0.25, 0.3) is 0 Å². The number of nitrogens with zero attached hydrogens (tertiary/aromatic N) is 1. The highest BCUT2D eigenvalue weighted by molar-refractivity contribution is 7.87. The van der Waals surface area contributed by atoms with Gasteiger partial charge in [0.2, 0.25) is 0 Å². The van der Waals surface area contributed by atoms with Crippen molar-refractivity contribution < 1.29 is 8.42 Å². The van der Waals surface area contributed by atoms with Gasteiger partial charge in [-0.2, -0.15) is 17.4 Å². The molecule has 5 nitrogen and oxygen atoms in total. The van der Waals surface area contributed by atoms with Crippen molar-refractivity contribution in [1.82, 2.24) is 14.3 Å². The lowest BCUT2D eigenvalue weighted by atomic mass is 9.94. The van der Waals surface area contributed by atoms with Crippen LogP contribution in [0.4, 0.5) is 0 Å². The molecule has 0 aromatic heterocycles. The number of nitrogens with one attached hydrogen (secondary N) is 2. The van der Waals surface area contributed by atoms with Gasteiger partial charge in [-0.15, -0.1) is 0 Å². The summed E-state index contributed by atoms with van der Waals surface area (Å²) < 4.78 is 29.7. The summed E-state index contributed by atoms with van der Waals surface area (Å²) in [6.45, 7) is 4.95. The fourth-order valence-electron chi connectivity index (χ4n) is 3.39. The van der Waals surface area contributed by atoms with E-state index in [1.807, 2.05) is 25.1 Å². The normalized spacial score (nSPS) is 24.7. The molecule has 0 amide bonds. The first kappa shape index (κ1) is 15.9. The second kappa shape index (κ2) is 6.66. The molecule has 1 fully saturated rings. The van der Waals surface area contributed by atoms with Crippen LogP contribution in [0.3, 0.4) is 0 Å². The van der Waals surface area contributed by atoms with Gasteiger partial charge in [0.1, 0.15) is 0 Å². The molecule has 3 rings (SSSR count). The van der Waals surface area contributed by atoms with Crippen LogP contribution in [-0.2, 0) is 23.2 Å². The number of benzene rings is 1. The van der Waals surface area contributed by atoms with Gasteiger partial charge in [0, 0.05) is 19.1 Å². The van der Waals surface area contributed by atoms with E-state index in [-0.39, 0.29) is 6.04 Å². The standard InChI is InChI=1S/C16H25N3O2S/c1-13(15-7-4-9-17-11-15)18-22(20,21)19-10-8-14-5-2-3-6-16(14)12-19/h2-3,5-6,13,15,17-18H,4,7-12H2,1H3. The van der Waals surface area contributed by atoms with Crippen LogP contribution >= 0.6 is 0 Å². The van der Waals surface area contributed by atoms with Gasteiger partial charge in [-0.05, 0) is 56.3 Å². The smallest absolute Gasteiger partial charge is 0.280 e. The second-order valence-corrected chi connectivity index (χ2v) is 8.07. The van der Waals surface area contributed by atoms with E-state index in [9.17, 15) is 8.42 Å². The van der Waals surface area contributed by atoms with E-state index in [4.69, 9.17) is 0 Å². The number of fused-ring (bicyclic) bond motifs is 1. The summed E-state index contributed by atoms with van der Waals surface area (Å²) in [5, 5.41) is 3.35. The van der Waals surface area contributed by atoms with Crippen molar-refractivity contribution in [3.8, 4) is 0 Å². The molecular formula is C16H25N3O2S. The van der Waals surface area contributed by atoms with Crippen LogP contribution in [0.1, 0.15) is 30.9 Å². The molecule has 0 aliphatic carbocycles. The second-order valence-electron chi connectivity index (χ2n) is 6.37. The van der Waals surface area contributed by atoms with Crippen molar-refractivity contribution in [3.05, 3.63) is 35.4 Å². The average Bonchev–Trinajstić information content (AvgIpc) is 2.55. The number of hydrogen-bond acceptors (Lipinski definition) is 3. The fraction of sp³-hybridized carbons (Fsp3) is 0.625. The Morgan fingerprint density at radius 2 is 2.09 bits per heavy atom. The molecular weight excluding hydrogens is 298 g/mol.